The van der Waals surface area contributed by atoms with Gasteiger partial charge in [-0.1, -0.05) is 95.3 Å². The second-order valence-corrected chi connectivity index (χ2v) is 15.3. The zero-order valence-corrected chi connectivity index (χ0v) is 20.8. The number of cyclic esters (lactones) is 1. The summed E-state index contributed by atoms with van der Waals surface area (Å²) in [6.07, 6.45) is 1.28. The first-order chi connectivity index (χ1) is 15.2. The minimum Gasteiger partial charge on any atom is -0.463 e. The molecule has 2 aliphatic heterocycles. The minimum atomic E-state index is -2.74. The predicted molar refractivity (Wildman–Crippen MR) is 128 cm³/mol. The maximum Gasteiger partial charge on any atom is 0.338 e. The van der Waals surface area contributed by atoms with E-state index in [1.165, 1.54) is 10.4 Å². The number of benzene rings is 2. The molecule has 0 bridgehead atoms. The Morgan fingerprint density at radius 3 is 2.06 bits per heavy atom. The lowest BCUT2D eigenvalue weighted by atomic mass is 9.58. The molecule has 170 valence electrons. The van der Waals surface area contributed by atoms with Crippen LogP contribution in [-0.2, 0) is 18.7 Å². The van der Waals surface area contributed by atoms with E-state index in [9.17, 15) is 4.79 Å². The molecule has 1 aliphatic carbocycles. The van der Waals surface area contributed by atoms with E-state index in [1.807, 2.05) is 0 Å². The molecule has 3 aliphatic rings. The van der Waals surface area contributed by atoms with Crippen molar-refractivity contribution < 1.29 is 18.7 Å². The third kappa shape index (κ3) is 2.84. The molecule has 3 fully saturated rings. The lowest BCUT2D eigenvalue weighted by molar-refractivity contribution is -0.163. The molecule has 2 aromatic rings. The van der Waals surface area contributed by atoms with Crippen LogP contribution in [0.1, 0.15) is 47.5 Å². The standard InChI is InChI=1S/C27H34O4Si/c1-19-16-17-22(27-23(30-27)24(28)29-18-26(19,27)5)31-32(25(2,3)4,20-12-8-6-9-13-20)21-14-10-7-11-15-21/h6-15,19,22-23H,16-18H2,1-5H3/t19-,22+,23+,26+,27+/m0/s1. The number of carbonyl (C=O) groups is 1. The van der Waals surface area contributed by atoms with E-state index < -0.39 is 20.0 Å². The van der Waals surface area contributed by atoms with Gasteiger partial charge in [0.1, 0.15) is 5.60 Å². The molecule has 5 heteroatoms. The fourth-order valence-electron chi connectivity index (χ4n) is 6.35. The summed E-state index contributed by atoms with van der Waals surface area (Å²) in [4.78, 5) is 12.6. The van der Waals surface area contributed by atoms with Crippen molar-refractivity contribution in [1.82, 2.24) is 0 Å². The van der Waals surface area contributed by atoms with E-state index in [2.05, 4.69) is 95.3 Å². The Balaban J connectivity index is 1.67. The molecule has 0 unspecified atom stereocenters. The second kappa shape index (κ2) is 7.27. The number of epoxide rings is 1. The molecule has 5 rings (SSSR count). The van der Waals surface area contributed by atoms with E-state index in [-0.39, 0.29) is 22.5 Å². The summed E-state index contributed by atoms with van der Waals surface area (Å²) in [7, 11) is -2.74. The van der Waals surface area contributed by atoms with Crippen molar-refractivity contribution in [3.8, 4) is 0 Å². The molecule has 2 aromatic carbocycles. The van der Waals surface area contributed by atoms with Crippen LogP contribution in [0.3, 0.4) is 0 Å². The van der Waals surface area contributed by atoms with Crippen molar-refractivity contribution in [2.24, 2.45) is 11.3 Å². The van der Waals surface area contributed by atoms with E-state index in [4.69, 9.17) is 13.9 Å². The first-order valence-electron chi connectivity index (χ1n) is 11.8. The Morgan fingerprint density at radius 2 is 1.53 bits per heavy atom. The quantitative estimate of drug-likeness (QED) is 0.400. The monoisotopic (exact) mass is 450 g/mol. The van der Waals surface area contributed by atoms with Crippen LogP contribution in [0.25, 0.3) is 0 Å². The van der Waals surface area contributed by atoms with Crippen LogP contribution in [0.5, 0.6) is 0 Å². The van der Waals surface area contributed by atoms with Crippen molar-refractivity contribution in [3.63, 3.8) is 0 Å². The van der Waals surface area contributed by atoms with Gasteiger partial charge in [-0.25, -0.2) is 4.79 Å². The van der Waals surface area contributed by atoms with E-state index in [1.54, 1.807) is 0 Å². The normalized spacial score (nSPS) is 34.3. The topological polar surface area (TPSA) is 48.1 Å². The molecule has 1 spiro atoms. The molecule has 0 N–H and O–H groups in total. The lowest BCUT2D eigenvalue weighted by Crippen LogP contribution is -2.71. The van der Waals surface area contributed by atoms with Gasteiger partial charge in [0.2, 0.25) is 0 Å². The summed E-state index contributed by atoms with van der Waals surface area (Å²) in [6, 6.07) is 21.4. The smallest absolute Gasteiger partial charge is 0.338 e. The maximum atomic E-state index is 12.6. The molecule has 1 saturated carbocycles. The summed E-state index contributed by atoms with van der Waals surface area (Å²) in [5, 5.41) is 2.39. The average molecular weight is 451 g/mol. The number of esters is 1. The Bertz CT molecular complexity index is 962. The highest BCUT2D eigenvalue weighted by molar-refractivity contribution is 6.99. The summed E-state index contributed by atoms with van der Waals surface area (Å²) in [5.74, 6) is 0.173. The highest BCUT2D eigenvalue weighted by Crippen LogP contribution is 2.64. The van der Waals surface area contributed by atoms with Gasteiger partial charge in [0.05, 0.1) is 12.7 Å². The Labute approximate surface area is 192 Å². The number of hydrogen-bond donors (Lipinski definition) is 0. The zero-order valence-electron chi connectivity index (χ0n) is 19.8. The minimum absolute atomic E-state index is 0.120. The van der Waals surface area contributed by atoms with Gasteiger partial charge in [-0.15, -0.1) is 0 Å². The van der Waals surface area contributed by atoms with Crippen molar-refractivity contribution in [3.05, 3.63) is 60.7 Å². The van der Waals surface area contributed by atoms with Gasteiger partial charge in [-0.05, 0) is 34.2 Å². The van der Waals surface area contributed by atoms with Gasteiger partial charge in [-0.3, -0.25) is 0 Å². The number of carbonyl (C=O) groups excluding carboxylic acids is 1. The summed E-state index contributed by atoms with van der Waals surface area (Å²) >= 11 is 0. The highest BCUT2D eigenvalue weighted by atomic mass is 28.4. The zero-order chi connectivity index (χ0) is 22.8. The molecule has 32 heavy (non-hydrogen) atoms. The van der Waals surface area contributed by atoms with Crippen LogP contribution in [0.4, 0.5) is 0 Å². The number of hydrogen-bond acceptors (Lipinski definition) is 4. The molecule has 2 saturated heterocycles. The second-order valence-electron chi connectivity index (χ2n) is 11.1. The third-order valence-electron chi connectivity index (χ3n) is 8.43. The van der Waals surface area contributed by atoms with Crippen LogP contribution in [0.15, 0.2) is 60.7 Å². The van der Waals surface area contributed by atoms with Crippen LogP contribution < -0.4 is 10.4 Å². The van der Waals surface area contributed by atoms with E-state index >= 15 is 0 Å². The fourth-order valence-corrected chi connectivity index (χ4v) is 11.1. The summed E-state index contributed by atoms with van der Waals surface area (Å²) in [6.45, 7) is 11.8. The molecule has 0 amide bonds. The third-order valence-corrected chi connectivity index (χ3v) is 13.5. The first kappa shape index (κ1) is 21.9. The number of rotatable bonds is 4. The van der Waals surface area contributed by atoms with E-state index in [0.717, 1.165) is 12.8 Å². The lowest BCUT2D eigenvalue weighted by Gasteiger charge is -2.53. The van der Waals surface area contributed by atoms with Gasteiger partial charge >= 0.3 is 5.97 Å². The van der Waals surface area contributed by atoms with Crippen LogP contribution in [0, 0.1) is 11.3 Å². The molecule has 5 atom stereocenters. The molecule has 2 heterocycles. The predicted octanol–water partition coefficient (Wildman–Crippen LogP) is 4.06. The summed E-state index contributed by atoms with van der Waals surface area (Å²) in [5.41, 5.74) is -0.826. The highest BCUT2D eigenvalue weighted by Gasteiger charge is 2.80. The van der Waals surface area contributed by atoms with Crippen LogP contribution >= 0.6 is 0 Å². The summed E-state index contributed by atoms with van der Waals surface area (Å²) < 4.78 is 19.4. The molecular formula is C27H34O4Si. The molecule has 0 radical (unpaired) electrons. The fraction of sp³-hybridized carbons (Fsp3) is 0.519. The molecule has 4 nitrogen and oxygen atoms in total. The Kier molecular flexibility index (Phi) is 4.97. The van der Waals surface area contributed by atoms with Crippen LogP contribution in [0.2, 0.25) is 5.04 Å². The van der Waals surface area contributed by atoms with Crippen molar-refractivity contribution in [2.75, 3.05) is 6.61 Å². The van der Waals surface area contributed by atoms with Crippen LogP contribution in [-0.4, -0.2) is 38.7 Å². The van der Waals surface area contributed by atoms with Crippen molar-refractivity contribution >= 4 is 24.7 Å². The van der Waals surface area contributed by atoms with Gasteiger partial charge < -0.3 is 13.9 Å². The molecular weight excluding hydrogens is 416 g/mol. The van der Waals surface area contributed by atoms with Crippen molar-refractivity contribution in [1.29, 1.82) is 0 Å². The van der Waals surface area contributed by atoms with Gasteiger partial charge in [0.15, 0.2) is 6.10 Å². The van der Waals surface area contributed by atoms with Gasteiger partial charge in [0.25, 0.3) is 8.32 Å². The SMILES string of the molecule is C[C@H]1CC[C@@H](O[Si](c2ccccc2)(c2ccccc2)C(C)(C)C)[C@@]23O[C@@H]2C(=O)OC[C@]13C. The van der Waals surface area contributed by atoms with Gasteiger partial charge in [0, 0.05) is 5.41 Å². The van der Waals surface area contributed by atoms with E-state index in [0.29, 0.717) is 12.5 Å². The Hall–Kier alpha value is -1.95. The number of ether oxygens (including phenoxy) is 2. The Morgan fingerprint density at radius 1 is 0.969 bits per heavy atom. The largest absolute Gasteiger partial charge is 0.463 e. The maximum absolute atomic E-state index is 12.6. The van der Waals surface area contributed by atoms with Crippen molar-refractivity contribution in [2.45, 2.75) is 70.3 Å². The first-order valence-corrected chi connectivity index (χ1v) is 13.7. The van der Waals surface area contributed by atoms with Gasteiger partial charge in [-0.2, -0.15) is 0 Å². The average Bonchev–Trinajstić information content (AvgIpc) is 3.54. The molecule has 0 aromatic heterocycles.